The highest BCUT2D eigenvalue weighted by molar-refractivity contribution is 5.85. The molecule has 1 aliphatic rings. The number of aromatic nitrogens is 4. The molecule has 0 saturated carbocycles. The first-order valence-corrected chi connectivity index (χ1v) is 5.47. The Morgan fingerprint density at radius 1 is 1.53 bits per heavy atom. The number of nitrogens with two attached hydrogens (primary N) is 1. The van der Waals surface area contributed by atoms with E-state index in [4.69, 9.17) is 5.73 Å². The van der Waals surface area contributed by atoms with E-state index in [0.717, 1.165) is 19.4 Å². The SMILES string of the molecule is NC(=O)C1CCCN1c1nccn2cnnc12. The van der Waals surface area contributed by atoms with Crippen LogP contribution in [-0.2, 0) is 4.79 Å². The van der Waals surface area contributed by atoms with Crippen LogP contribution in [0.4, 0.5) is 5.82 Å². The van der Waals surface area contributed by atoms with Gasteiger partial charge in [0.15, 0.2) is 5.82 Å². The van der Waals surface area contributed by atoms with Crippen LogP contribution in [0.5, 0.6) is 0 Å². The molecular formula is C10H12N6O. The summed E-state index contributed by atoms with van der Waals surface area (Å²) in [6.45, 7) is 0.771. The number of fused-ring (bicyclic) bond motifs is 1. The lowest BCUT2D eigenvalue weighted by Crippen LogP contribution is -2.41. The van der Waals surface area contributed by atoms with E-state index >= 15 is 0 Å². The third-order valence-corrected chi connectivity index (χ3v) is 3.05. The highest BCUT2D eigenvalue weighted by atomic mass is 16.1. The van der Waals surface area contributed by atoms with Crippen LogP contribution in [0.1, 0.15) is 12.8 Å². The first kappa shape index (κ1) is 10.0. The van der Waals surface area contributed by atoms with Gasteiger partial charge in [-0.3, -0.25) is 9.20 Å². The lowest BCUT2D eigenvalue weighted by Gasteiger charge is -2.22. The second-order valence-electron chi connectivity index (χ2n) is 4.07. The van der Waals surface area contributed by atoms with Crippen molar-refractivity contribution in [3.05, 3.63) is 18.7 Å². The Hall–Kier alpha value is -2.18. The smallest absolute Gasteiger partial charge is 0.240 e. The average Bonchev–Trinajstić information content (AvgIpc) is 2.97. The van der Waals surface area contributed by atoms with Gasteiger partial charge in [-0.1, -0.05) is 0 Å². The summed E-state index contributed by atoms with van der Waals surface area (Å²) in [5.41, 5.74) is 6.05. The van der Waals surface area contributed by atoms with Gasteiger partial charge in [-0.05, 0) is 12.8 Å². The van der Waals surface area contributed by atoms with Crippen LogP contribution in [0.3, 0.4) is 0 Å². The van der Waals surface area contributed by atoms with E-state index in [1.54, 1.807) is 23.1 Å². The Morgan fingerprint density at radius 2 is 2.41 bits per heavy atom. The van der Waals surface area contributed by atoms with Crippen LogP contribution in [0, 0.1) is 0 Å². The zero-order valence-corrected chi connectivity index (χ0v) is 9.15. The minimum atomic E-state index is -0.314. The van der Waals surface area contributed by atoms with Crippen molar-refractivity contribution in [2.75, 3.05) is 11.4 Å². The number of nitrogens with zero attached hydrogens (tertiary/aromatic N) is 5. The van der Waals surface area contributed by atoms with Crippen LogP contribution in [0.15, 0.2) is 18.7 Å². The third kappa shape index (κ3) is 1.50. The maximum atomic E-state index is 11.4. The molecule has 1 aliphatic heterocycles. The molecule has 1 saturated heterocycles. The van der Waals surface area contributed by atoms with Crippen LogP contribution in [0.2, 0.25) is 0 Å². The van der Waals surface area contributed by atoms with Gasteiger partial charge in [0.1, 0.15) is 12.4 Å². The summed E-state index contributed by atoms with van der Waals surface area (Å²) in [4.78, 5) is 17.6. The lowest BCUT2D eigenvalue weighted by atomic mass is 10.2. The minimum absolute atomic E-state index is 0.287. The summed E-state index contributed by atoms with van der Waals surface area (Å²) in [5, 5.41) is 7.85. The molecule has 1 fully saturated rings. The highest BCUT2D eigenvalue weighted by Crippen LogP contribution is 2.25. The Balaban J connectivity index is 2.08. The molecule has 88 valence electrons. The van der Waals surface area contributed by atoms with E-state index in [1.165, 1.54) is 0 Å². The number of hydrogen-bond donors (Lipinski definition) is 1. The molecule has 0 radical (unpaired) electrons. The number of amides is 1. The summed E-state index contributed by atoms with van der Waals surface area (Å²) in [5.74, 6) is 0.358. The van der Waals surface area contributed by atoms with Gasteiger partial charge >= 0.3 is 0 Å². The molecule has 0 aromatic carbocycles. The van der Waals surface area contributed by atoms with Crippen LogP contribution in [-0.4, -0.2) is 38.1 Å². The van der Waals surface area contributed by atoms with Gasteiger partial charge in [-0.25, -0.2) is 4.98 Å². The largest absolute Gasteiger partial charge is 0.368 e. The van der Waals surface area contributed by atoms with Gasteiger partial charge in [0.05, 0.1) is 0 Å². The number of primary amides is 1. The molecule has 3 heterocycles. The molecule has 1 atom stereocenters. The predicted octanol–water partition coefficient (Wildman–Crippen LogP) is -0.422. The molecule has 3 rings (SSSR count). The number of anilines is 1. The minimum Gasteiger partial charge on any atom is -0.368 e. The maximum Gasteiger partial charge on any atom is 0.240 e. The first-order chi connectivity index (χ1) is 8.27. The molecule has 0 bridgehead atoms. The number of hydrogen-bond acceptors (Lipinski definition) is 5. The fourth-order valence-electron chi connectivity index (χ4n) is 2.26. The molecule has 17 heavy (non-hydrogen) atoms. The average molecular weight is 232 g/mol. The van der Waals surface area contributed by atoms with Crippen molar-refractivity contribution in [3.8, 4) is 0 Å². The van der Waals surface area contributed by atoms with Crippen molar-refractivity contribution in [1.82, 2.24) is 19.6 Å². The molecule has 2 N–H and O–H groups in total. The third-order valence-electron chi connectivity index (χ3n) is 3.05. The highest BCUT2D eigenvalue weighted by Gasteiger charge is 2.31. The predicted molar refractivity (Wildman–Crippen MR) is 60.3 cm³/mol. The fourth-order valence-corrected chi connectivity index (χ4v) is 2.26. The van der Waals surface area contributed by atoms with Crippen LogP contribution >= 0.6 is 0 Å². The topological polar surface area (TPSA) is 89.4 Å². The Bertz CT molecular complexity index is 565. The van der Waals surface area contributed by atoms with E-state index in [2.05, 4.69) is 15.2 Å². The molecule has 0 aliphatic carbocycles. The summed E-state index contributed by atoms with van der Waals surface area (Å²) in [7, 11) is 0. The van der Waals surface area contributed by atoms with Crippen molar-refractivity contribution in [1.29, 1.82) is 0 Å². The van der Waals surface area contributed by atoms with Gasteiger partial charge in [-0.2, -0.15) is 0 Å². The molecule has 2 aromatic heterocycles. The van der Waals surface area contributed by atoms with Gasteiger partial charge in [0.2, 0.25) is 11.6 Å². The standard InChI is InChI=1S/C10H12N6O/c11-8(17)7-2-1-4-16(7)9-10-14-13-6-15(10)5-3-12-9/h3,5-7H,1-2,4H2,(H2,11,17). The summed E-state index contributed by atoms with van der Waals surface area (Å²) in [6, 6.07) is -0.287. The van der Waals surface area contributed by atoms with Gasteiger partial charge in [0, 0.05) is 18.9 Å². The zero-order valence-electron chi connectivity index (χ0n) is 9.15. The maximum absolute atomic E-state index is 11.4. The van der Waals surface area contributed by atoms with E-state index in [-0.39, 0.29) is 11.9 Å². The van der Waals surface area contributed by atoms with Crippen LogP contribution in [0.25, 0.3) is 5.65 Å². The van der Waals surface area contributed by atoms with Crippen LogP contribution < -0.4 is 10.6 Å². The normalized spacial score (nSPS) is 20.0. The second-order valence-corrected chi connectivity index (χ2v) is 4.07. The summed E-state index contributed by atoms with van der Waals surface area (Å²) in [6.07, 6.45) is 6.75. The zero-order chi connectivity index (χ0) is 11.8. The van der Waals surface area contributed by atoms with E-state index in [9.17, 15) is 4.79 Å². The van der Waals surface area contributed by atoms with Gasteiger partial charge < -0.3 is 10.6 Å². The molecule has 0 spiro atoms. The summed E-state index contributed by atoms with van der Waals surface area (Å²) < 4.78 is 1.78. The molecule has 1 unspecified atom stereocenters. The van der Waals surface area contributed by atoms with Crippen molar-refractivity contribution in [3.63, 3.8) is 0 Å². The van der Waals surface area contributed by atoms with Crippen molar-refractivity contribution < 1.29 is 4.79 Å². The molecule has 2 aromatic rings. The van der Waals surface area contributed by atoms with Crippen molar-refractivity contribution in [2.45, 2.75) is 18.9 Å². The van der Waals surface area contributed by atoms with Crippen molar-refractivity contribution >= 4 is 17.4 Å². The van der Waals surface area contributed by atoms with Gasteiger partial charge in [0.25, 0.3) is 0 Å². The number of carbonyl (C=O) groups excluding carboxylic acids is 1. The molecule has 7 heteroatoms. The van der Waals surface area contributed by atoms with E-state index < -0.39 is 0 Å². The second kappa shape index (κ2) is 3.69. The Kier molecular flexibility index (Phi) is 2.17. The van der Waals surface area contributed by atoms with E-state index in [0.29, 0.717) is 11.5 Å². The number of rotatable bonds is 2. The Labute approximate surface area is 97.3 Å². The molecule has 7 nitrogen and oxygen atoms in total. The van der Waals surface area contributed by atoms with E-state index in [1.807, 2.05) is 4.90 Å². The molecular weight excluding hydrogens is 220 g/mol. The number of carbonyl (C=O) groups is 1. The monoisotopic (exact) mass is 232 g/mol. The Morgan fingerprint density at radius 3 is 3.24 bits per heavy atom. The first-order valence-electron chi connectivity index (χ1n) is 5.47. The lowest BCUT2D eigenvalue weighted by molar-refractivity contribution is -0.119. The molecule has 1 amide bonds. The van der Waals surface area contributed by atoms with Gasteiger partial charge in [-0.15, -0.1) is 10.2 Å². The summed E-state index contributed by atoms with van der Waals surface area (Å²) >= 11 is 0. The fraction of sp³-hybridized carbons (Fsp3) is 0.400. The quantitative estimate of drug-likeness (QED) is 0.759. The van der Waals surface area contributed by atoms with Crippen molar-refractivity contribution in [2.24, 2.45) is 5.73 Å².